The molecule has 0 bridgehead atoms. The zero-order valence-corrected chi connectivity index (χ0v) is 19.7. The third-order valence-electron chi connectivity index (χ3n) is 4.87. The number of phosphoric ester groups is 1. The molecule has 0 amide bonds. The van der Waals surface area contributed by atoms with Crippen molar-refractivity contribution < 1.29 is 61.4 Å². The number of nitrogens with two attached hydrogens (primary N) is 1. The van der Waals surface area contributed by atoms with Gasteiger partial charge in [-0.05, 0) is 13.0 Å². The van der Waals surface area contributed by atoms with Crippen molar-refractivity contribution in [2.24, 2.45) is 5.92 Å². The van der Waals surface area contributed by atoms with E-state index in [4.69, 9.17) is 20.3 Å². The van der Waals surface area contributed by atoms with E-state index in [0.29, 0.717) is 0 Å². The van der Waals surface area contributed by atoms with Gasteiger partial charge in [0.05, 0.1) is 24.7 Å². The molecule has 9 N–H and O–H groups in total. The predicted octanol–water partition coefficient (Wildman–Crippen LogP) is -1.09. The molecule has 0 radical (unpaired) electrons. The van der Waals surface area contributed by atoms with Crippen LogP contribution in [-0.2, 0) is 31.6 Å². The summed E-state index contributed by atoms with van der Waals surface area (Å²) in [5.41, 5.74) is 3.15. The minimum absolute atomic E-state index is 0.0248. The highest BCUT2D eigenvalue weighted by molar-refractivity contribution is 7.66. The van der Waals surface area contributed by atoms with Crippen LogP contribution in [0, 0.1) is 5.92 Å². The smallest absolute Gasteiger partial charge is 0.396 e. The molecule has 192 valence electrons. The highest BCUT2D eigenvalue weighted by Crippen LogP contribution is 2.66. The van der Waals surface area contributed by atoms with Crippen LogP contribution in [0.2, 0.25) is 0 Å². The molecular weight excluding hydrogens is 529 g/mol. The fraction of sp³-hybridized carbons (Fsp3) is 0.538. The number of rotatable bonds is 9. The molecule has 34 heavy (non-hydrogen) atoms. The molecular formula is C13H21N4O14P3. The van der Waals surface area contributed by atoms with Crippen LogP contribution in [0.3, 0.4) is 0 Å². The number of aliphatic hydroxyl groups excluding tert-OH is 1. The minimum atomic E-state index is -5.73. The van der Waals surface area contributed by atoms with Crippen LogP contribution in [-0.4, -0.2) is 69.2 Å². The number of hydrogen-bond donors (Lipinski definition) is 8. The van der Waals surface area contributed by atoms with E-state index >= 15 is 0 Å². The van der Waals surface area contributed by atoms with Crippen LogP contribution >= 0.6 is 23.5 Å². The van der Waals surface area contributed by atoms with Gasteiger partial charge < -0.3 is 44.8 Å². The molecule has 3 rings (SSSR count). The Balaban J connectivity index is 1.82. The minimum Gasteiger partial charge on any atom is -0.396 e. The Hall–Kier alpha value is -1.49. The first kappa shape index (κ1) is 27.1. The lowest BCUT2D eigenvalue weighted by Crippen LogP contribution is -2.42. The SMILES string of the molecule is CC1(O)C(CO)[C@@H](COP(=O)(O)OP(=O)(O)OP(=O)(O)O)O[C@H]1n1ccc2c(=O)[nH]c(N)nc21. The van der Waals surface area contributed by atoms with Crippen molar-refractivity contribution in [3.8, 4) is 0 Å². The second kappa shape index (κ2) is 9.19. The van der Waals surface area contributed by atoms with E-state index in [-0.39, 0.29) is 17.0 Å². The van der Waals surface area contributed by atoms with Gasteiger partial charge in [-0.3, -0.25) is 14.3 Å². The summed E-state index contributed by atoms with van der Waals surface area (Å²) in [6.45, 7) is -0.355. The van der Waals surface area contributed by atoms with Gasteiger partial charge in [0.2, 0.25) is 5.95 Å². The Morgan fingerprint density at radius 2 is 1.88 bits per heavy atom. The number of H-pyrrole nitrogens is 1. The van der Waals surface area contributed by atoms with Crippen molar-refractivity contribution in [2.45, 2.75) is 24.9 Å². The monoisotopic (exact) mass is 550 g/mol. The van der Waals surface area contributed by atoms with Crippen molar-refractivity contribution >= 4 is 40.4 Å². The van der Waals surface area contributed by atoms with Gasteiger partial charge >= 0.3 is 23.5 Å². The molecule has 0 spiro atoms. The standard InChI is InChI=1S/C13H21N4O14P3/c1-13(20)7(4-18)8(5-28-33(24,25)31-34(26,27)30-32(21,22)23)29-11(13)17-3-2-6-9(17)15-12(14)16-10(6)19/h2-3,7-8,11,18,20H,4-5H2,1H3,(H,24,25)(H,26,27)(H2,21,22,23)(H3,14,15,16,19)/t7?,8-,11-,13?/m1/s1. The van der Waals surface area contributed by atoms with Crippen molar-refractivity contribution in [3.63, 3.8) is 0 Å². The molecule has 0 aliphatic carbocycles. The van der Waals surface area contributed by atoms with Crippen LogP contribution in [0.15, 0.2) is 17.1 Å². The first-order valence-electron chi connectivity index (χ1n) is 9.09. The molecule has 1 saturated heterocycles. The molecule has 2 aromatic heterocycles. The Morgan fingerprint density at radius 3 is 2.47 bits per heavy atom. The lowest BCUT2D eigenvalue weighted by molar-refractivity contribution is -0.0890. The molecule has 18 nitrogen and oxygen atoms in total. The van der Waals surface area contributed by atoms with Crippen molar-refractivity contribution in [3.05, 3.63) is 22.6 Å². The molecule has 6 atom stereocenters. The molecule has 3 heterocycles. The predicted molar refractivity (Wildman–Crippen MR) is 110 cm³/mol. The van der Waals surface area contributed by atoms with Gasteiger partial charge in [0, 0.05) is 12.1 Å². The highest BCUT2D eigenvalue weighted by Gasteiger charge is 2.54. The van der Waals surface area contributed by atoms with E-state index < -0.39 is 66.1 Å². The third-order valence-corrected chi connectivity index (χ3v) is 8.67. The lowest BCUT2D eigenvalue weighted by atomic mass is 9.87. The summed E-state index contributed by atoms with van der Waals surface area (Å²) < 4.78 is 52.9. The van der Waals surface area contributed by atoms with Gasteiger partial charge in [-0.15, -0.1) is 0 Å². The second-order valence-corrected chi connectivity index (χ2v) is 11.8. The summed E-state index contributed by atoms with van der Waals surface area (Å²) in [5.74, 6) is -1.39. The number of aromatic amines is 1. The molecule has 0 aromatic carbocycles. The fourth-order valence-corrected chi connectivity index (χ4v) is 6.51. The zero-order chi connectivity index (χ0) is 25.7. The summed E-state index contributed by atoms with van der Waals surface area (Å²) in [6.07, 6.45) is -1.29. The van der Waals surface area contributed by atoms with Gasteiger partial charge in [-0.25, -0.2) is 13.7 Å². The molecule has 1 fully saturated rings. The number of ether oxygens (including phenoxy) is 1. The number of nitrogens with zero attached hydrogens (tertiary/aromatic N) is 2. The van der Waals surface area contributed by atoms with Crippen LogP contribution in [0.5, 0.6) is 0 Å². The zero-order valence-electron chi connectivity index (χ0n) is 17.1. The topological polar surface area (TPSA) is 286 Å². The van der Waals surface area contributed by atoms with Gasteiger partial charge in [-0.1, -0.05) is 0 Å². The normalized spacial score (nSPS) is 29.2. The quantitative estimate of drug-likeness (QED) is 0.172. The number of anilines is 1. The van der Waals surface area contributed by atoms with Gasteiger partial charge in [0.1, 0.15) is 5.60 Å². The summed E-state index contributed by atoms with van der Waals surface area (Å²) in [5, 5.41) is 20.9. The van der Waals surface area contributed by atoms with E-state index in [0.717, 1.165) is 0 Å². The maximum Gasteiger partial charge on any atom is 0.490 e. The molecule has 1 aliphatic heterocycles. The second-order valence-electron chi connectivity index (χ2n) is 7.34. The number of aliphatic hydroxyl groups is 2. The van der Waals surface area contributed by atoms with E-state index in [1.807, 2.05) is 0 Å². The number of phosphoric acid groups is 3. The van der Waals surface area contributed by atoms with Crippen molar-refractivity contribution in [1.29, 1.82) is 0 Å². The first-order valence-corrected chi connectivity index (χ1v) is 13.6. The van der Waals surface area contributed by atoms with Crippen LogP contribution in [0.1, 0.15) is 13.2 Å². The van der Waals surface area contributed by atoms with E-state index in [1.54, 1.807) is 0 Å². The van der Waals surface area contributed by atoms with E-state index in [2.05, 4.69) is 23.1 Å². The summed E-state index contributed by atoms with van der Waals surface area (Å²) >= 11 is 0. The van der Waals surface area contributed by atoms with E-state index in [1.165, 1.54) is 23.8 Å². The Labute approximate surface area is 189 Å². The third kappa shape index (κ3) is 5.83. The molecule has 0 saturated carbocycles. The summed E-state index contributed by atoms with van der Waals surface area (Å²) in [6, 6.07) is 1.37. The average molecular weight is 550 g/mol. The molecule has 1 aliphatic rings. The average Bonchev–Trinajstić information content (AvgIpc) is 3.14. The largest absolute Gasteiger partial charge is 0.490 e. The van der Waals surface area contributed by atoms with Gasteiger partial charge in [0.25, 0.3) is 5.56 Å². The number of hydrogen-bond acceptors (Lipinski definition) is 12. The number of fused-ring (bicyclic) bond motifs is 1. The van der Waals surface area contributed by atoms with Crippen LogP contribution in [0.4, 0.5) is 5.95 Å². The molecule has 4 unspecified atom stereocenters. The van der Waals surface area contributed by atoms with Crippen molar-refractivity contribution in [2.75, 3.05) is 18.9 Å². The van der Waals surface area contributed by atoms with Crippen LogP contribution < -0.4 is 11.3 Å². The Bertz CT molecular complexity index is 1270. The van der Waals surface area contributed by atoms with Gasteiger partial charge in [-0.2, -0.15) is 13.6 Å². The first-order chi connectivity index (χ1) is 15.5. The fourth-order valence-electron chi connectivity index (χ4n) is 3.48. The highest BCUT2D eigenvalue weighted by atomic mass is 31.3. The van der Waals surface area contributed by atoms with Crippen LogP contribution in [0.25, 0.3) is 11.0 Å². The maximum absolute atomic E-state index is 12.1. The Kier molecular flexibility index (Phi) is 7.32. The summed E-state index contributed by atoms with van der Waals surface area (Å²) in [7, 11) is -16.8. The van der Waals surface area contributed by atoms with Gasteiger partial charge in [0.15, 0.2) is 11.9 Å². The lowest BCUT2D eigenvalue weighted by Gasteiger charge is -2.29. The number of aromatic nitrogens is 3. The van der Waals surface area contributed by atoms with E-state index in [9.17, 15) is 38.5 Å². The van der Waals surface area contributed by atoms with Crippen molar-refractivity contribution in [1.82, 2.24) is 14.5 Å². The summed E-state index contributed by atoms with van der Waals surface area (Å²) in [4.78, 5) is 54.3. The number of nitrogen functional groups attached to an aromatic ring is 1. The number of nitrogens with one attached hydrogen (secondary N) is 1. The Morgan fingerprint density at radius 1 is 1.24 bits per heavy atom. The molecule has 2 aromatic rings. The maximum atomic E-state index is 12.1. The molecule has 21 heteroatoms.